The monoisotopic (exact) mass is 260 g/mol. The van der Waals surface area contributed by atoms with Gasteiger partial charge in [-0.05, 0) is 30.7 Å². The van der Waals surface area contributed by atoms with E-state index in [-0.39, 0.29) is 13.0 Å². The van der Waals surface area contributed by atoms with E-state index in [1.807, 2.05) is 36.5 Å². The van der Waals surface area contributed by atoms with Crippen molar-refractivity contribution in [3.05, 3.63) is 48.3 Å². The summed E-state index contributed by atoms with van der Waals surface area (Å²) >= 11 is 0. The predicted molar refractivity (Wildman–Crippen MR) is 69.9 cm³/mol. The molecule has 0 spiro atoms. The third-order valence-electron chi connectivity index (χ3n) is 2.67. The van der Waals surface area contributed by atoms with E-state index >= 15 is 0 Å². The van der Waals surface area contributed by atoms with Crippen LogP contribution in [0.1, 0.15) is 12.5 Å². The SMILES string of the molecule is CCOC(=O)[C@H](O)Cc1cccc(-n2cccn2)c1. The van der Waals surface area contributed by atoms with Crippen LogP contribution < -0.4 is 0 Å². The molecule has 0 saturated carbocycles. The lowest BCUT2D eigenvalue weighted by atomic mass is 10.1. The fraction of sp³-hybridized carbons (Fsp3) is 0.286. The molecule has 0 fully saturated rings. The molecule has 0 aliphatic heterocycles. The Bertz CT molecular complexity index is 537. The van der Waals surface area contributed by atoms with Gasteiger partial charge in [-0.2, -0.15) is 5.10 Å². The number of benzene rings is 1. The van der Waals surface area contributed by atoms with Crippen molar-refractivity contribution in [1.82, 2.24) is 9.78 Å². The second-order valence-electron chi connectivity index (χ2n) is 4.09. The van der Waals surface area contributed by atoms with E-state index in [1.165, 1.54) is 0 Å². The predicted octanol–water partition coefficient (Wildman–Crippen LogP) is 1.34. The van der Waals surface area contributed by atoms with Gasteiger partial charge in [-0.3, -0.25) is 0 Å². The quantitative estimate of drug-likeness (QED) is 0.824. The molecule has 0 aliphatic rings. The van der Waals surface area contributed by atoms with Gasteiger partial charge in [-0.25, -0.2) is 9.48 Å². The van der Waals surface area contributed by atoms with Crippen LogP contribution in [0.15, 0.2) is 42.7 Å². The highest BCUT2D eigenvalue weighted by Crippen LogP contribution is 2.12. The maximum atomic E-state index is 11.4. The Kier molecular flexibility index (Phi) is 4.30. The molecule has 1 N–H and O–H groups in total. The number of hydrogen-bond acceptors (Lipinski definition) is 4. The molecule has 5 nitrogen and oxygen atoms in total. The summed E-state index contributed by atoms with van der Waals surface area (Å²) in [4.78, 5) is 11.4. The minimum atomic E-state index is -1.13. The van der Waals surface area contributed by atoms with Crippen LogP contribution in [0.5, 0.6) is 0 Å². The molecule has 0 unspecified atom stereocenters. The van der Waals surface area contributed by atoms with Crippen molar-refractivity contribution in [3.63, 3.8) is 0 Å². The average molecular weight is 260 g/mol. The van der Waals surface area contributed by atoms with E-state index in [0.29, 0.717) is 0 Å². The van der Waals surface area contributed by atoms with Crippen molar-refractivity contribution >= 4 is 5.97 Å². The number of carbonyl (C=O) groups is 1. The second kappa shape index (κ2) is 6.15. The first-order valence-corrected chi connectivity index (χ1v) is 6.14. The second-order valence-corrected chi connectivity index (χ2v) is 4.09. The van der Waals surface area contributed by atoms with E-state index in [0.717, 1.165) is 11.3 Å². The third-order valence-corrected chi connectivity index (χ3v) is 2.67. The number of aromatic nitrogens is 2. The largest absolute Gasteiger partial charge is 0.464 e. The van der Waals surface area contributed by atoms with Crippen LogP contribution in [-0.2, 0) is 16.0 Å². The van der Waals surface area contributed by atoms with Crippen LogP contribution in [0.2, 0.25) is 0 Å². The summed E-state index contributed by atoms with van der Waals surface area (Å²) in [5, 5.41) is 13.9. The van der Waals surface area contributed by atoms with Crippen molar-refractivity contribution < 1.29 is 14.6 Å². The normalized spacial score (nSPS) is 12.1. The fourth-order valence-corrected chi connectivity index (χ4v) is 1.79. The molecule has 2 aromatic rings. The summed E-state index contributed by atoms with van der Waals surface area (Å²) in [6.45, 7) is 1.98. The smallest absolute Gasteiger partial charge is 0.335 e. The van der Waals surface area contributed by atoms with Crippen molar-refractivity contribution in [2.24, 2.45) is 0 Å². The van der Waals surface area contributed by atoms with E-state index in [4.69, 9.17) is 4.74 Å². The first-order chi connectivity index (χ1) is 9.20. The Morgan fingerprint density at radius 2 is 2.32 bits per heavy atom. The number of aliphatic hydroxyl groups excluding tert-OH is 1. The molecule has 0 aliphatic carbocycles. The lowest BCUT2D eigenvalue weighted by Gasteiger charge is -2.10. The standard InChI is InChI=1S/C14H16N2O3/c1-2-19-14(18)13(17)10-11-5-3-6-12(9-11)16-8-4-7-15-16/h3-9,13,17H,2,10H2,1H3/t13-/m1/s1. The molecule has 0 saturated heterocycles. The van der Waals surface area contributed by atoms with Crippen LogP contribution in [-0.4, -0.2) is 33.6 Å². The van der Waals surface area contributed by atoms with Crippen molar-refractivity contribution in [2.75, 3.05) is 6.61 Å². The molecule has 1 heterocycles. The lowest BCUT2D eigenvalue weighted by molar-refractivity contribution is -0.152. The number of hydrogen-bond donors (Lipinski definition) is 1. The first kappa shape index (κ1) is 13.3. The topological polar surface area (TPSA) is 64.3 Å². The summed E-state index contributed by atoms with van der Waals surface area (Å²) in [6, 6.07) is 9.35. The highest BCUT2D eigenvalue weighted by atomic mass is 16.5. The Balaban J connectivity index is 2.09. The van der Waals surface area contributed by atoms with Crippen molar-refractivity contribution in [1.29, 1.82) is 0 Å². The zero-order chi connectivity index (χ0) is 13.7. The van der Waals surface area contributed by atoms with E-state index in [9.17, 15) is 9.90 Å². The van der Waals surface area contributed by atoms with Gasteiger partial charge in [0.1, 0.15) is 0 Å². The molecule has 100 valence electrons. The third kappa shape index (κ3) is 3.42. The molecule has 0 radical (unpaired) electrons. The number of ether oxygens (including phenoxy) is 1. The minimum Gasteiger partial charge on any atom is -0.464 e. The lowest BCUT2D eigenvalue weighted by Crippen LogP contribution is -2.25. The maximum Gasteiger partial charge on any atom is 0.335 e. The number of esters is 1. The van der Waals surface area contributed by atoms with Crippen molar-refractivity contribution in [3.8, 4) is 5.69 Å². The van der Waals surface area contributed by atoms with Crippen LogP contribution in [0.25, 0.3) is 5.69 Å². The number of aliphatic hydroxyl groups is 1. The summed E-state index contributed by atoms with van der Waals surface area (Å²) in [7, 11) is 0. The first-order valence-electron chi connectivity index (χ1n) is 6.14. The molecule has 19 heavy (non-hydrogen) atoms. The summed E-state index contributed by atoms with van der Waals surface area (Å²) in [6.07, 6.45) is 2.63. The molecule has 1 aromatic carbocycles. The van der Waals surface area contributed by atoms with E-state index < -0.39 is 12.1 Å². The highest BCUT2D eigenvalue weighted by Gasteiger charge is 2.16. The van der Waals surface area contributed by atoms with E-state index in [1.54, 1.807) is 17.8 Å². The van der Waals surface area contributed by atoms with Crippen LogP contribution >= 0.6 is 0 Å². The van der Waals surface area contributed by atoms with Gasteiger partial charge in [-0.15, -0.1) is 0 Å². The molecule has 0 bridgehead atoms. The van der Waals surface area contributed by atoms with Gasteiger partial charge >= 0.3 is 5.97 Å². The van der Waals surface area contributed by atoms with Gasteiger partial charge in [0.25, 0.3) is 0 Å². The van der Waals surface area contributed by atoms with Gasteiger partial charge in [-0.1, -0.05) is 12.1 Å². The van der Waals surface area contributed by atoms with Gasteiger partial charge in [0.2, 0.25) is 0 Å². The van der Waals surface area contributed by atoms with Crippen LogP contribution in [0, 0.1) is 0 Å². The Labute approximate surface area is 111 Å². The summed E-state index contributed by atoms with van der Waals surface area (Å²) in [5.41, 5.74) is 1.74. The minimum absolute atomic E-state index is 0.230. The summed E-state index contributed by atoms with van der Waals surface area (Å²) < 4.78 is 6.49. The average Bonchev–Trinajstić information content (AvgIpc) is 2.93. The Hall–Kier alpha value is -2.14. The molecule has 1 atom stereocenters. The van der Waals surface area contributed by atoms with Crippen LogP contribution in [0.3, 0.4) is 0 Å². The Morgan fingerprint density at radius 1 is 1.47 bits per heavy atom. The number of nitrogens with zero attached hydrogens (tertiary/aromatic N) is 2. The molecular formula is C14H16N2O3. The molecule has 0 amide bonds. The number of rotatable bonds is 5. The zero-order valence-electron chi connectivity index (χ0n) is 10.7. The molecule has 5 heteroatoms. The van der Waals surface area contributed by atoms with Gasteiger partial charge < -0.3 is 9.84 Å². The fourth-order valence-electron chi connectivity index (χ4n) is 1.79. The molecule has 1 aromatic heterocycles. The van der Waals surface area contributed by atoms with Gasteiger partial charge in [0.05, 0.1) is 12.3 Å². The van der Waals surface area contributed by atoms with Crippen LogP contribution in [0.4, 0.5) is 0 Å². The Morgan fingerprint density at radius 3 is 3.00 bits per heavy atom. The van der Waals surface area contributed by atoms with Crippen molar-refractivity contribution in [2.45, 2.75) is 19.4 Å². The highest BCUT2D eigenvalue weighted by molar-refractivity contribution is 5.74. The summed E-state index contributed by atoms with van der Waals surface area (Å²) in [5.74, 6) is -0.591. The van der Waals surface area contributed by atoms with E-state index in [2.05, 4.69) is 5.10 Å². The zero-order valence-corrected chi connectivity index (χ0v) is 10.7. The molecular weight excluding hydrogens is 244 g/mol. The maximum absolute atomic E-state index is 11.4. The number of carbonyl (C=O) groups excluding carboxylic acids is 1. The van der Waals surface area contributed by atoms with Gasteiger partial charge in [0.15, 0.2) is 6.10 Å². The molecule has 2 rings (SSSR count). The van der Waals surface area contributed by atoms with Gasteiger partial charge in [0, 0.05) is 18.8 Å².